The van der Waals surface area contributed by atoms with E-state index in [1.165, 1.54) is 4.90 Å². The van der Waals surface area contributed by atoms with Gasteiger partial charge in [-0.25, -0.2) is 4.98 Å². The number of anilines is 1. The molecule has 2 N–H and O–H groups in total. The highest BCUT2D eigenvalue weighted by Gasteiger charge is 2.30. The Kier molecular flexibility index (Phi) is 2.47. The van der Waals surface area contributed by atoms with E-state index < -0.39 is 0 Å². The normalized spacial score (nSPS) is 20.7. The Morgan fingerprint density at radius 3 is 3.00 bits per heavy atom. The Bertz CT molecular complexity index is 405. The monoisotopic (exact) mass is 205 g/mol. The SMILES string of the molecule is NC1CC(=O)N(c2ncccc2C=O)C1. The molecule has 1 aromatic rings. The lowest BCUT2D eigenvalue weighted by molar-refractivity contribution is -0.117. The van der Waals surface area contributed by atoms with Gasteiger partial charge in [-0.05, 0) is 12.1 Å². The molecule has 1 unspecified atom stereocenters. The van der Waals surface area contributed by atoms with Gasteiger partial charge in [0, 0.05) is 25.2 Å². The van der Waals surface area contributed by atoms with E-state index in [0.29, 0.717) is 30.6 Å². The second-order valence-corrected chi connectivity index (χ2v) is 3.50. The first-order chi connectivity index (χ1) is 7.22. The highest BCUT2D eigenvalue weighted by Crippen LogP contribution is 2.21. The first-order valence-electron chi connectivity index (χ1n) is 4.68. The number of carbonyl (C=O) groups is 2. The van der Waals surface area contributed by atoms with Gasteiger partial charge in [-0.1, -0.05) is 0 Å². The molecule has 0 bridgehead atoms. The van der Waals surface area contributed by atoms with E-state index in [4.69, 9.17) is 5.73 Å². The number of carbonyl (C=O) groups excluding carboxylic acids is 2. The van der Waals surface area contributed by atoms with E-state index in [1.54, 1.807) is 18.3 Å². The van der Waals surface area contributed by atoms with E-state index in [2.05, 4.69) is 4.98 Å². The number of hydrogen-bond acceptors (Lipinski definition) is 4. The molecule has 5 heteroatoms. The highest BCUT2D eigenvalue weighted by molar-refractivity contribution is 5.99. The number of rotatable bonds is 2. The Hall–Kier alpha value is -1.75. The van der Waals surface area contributed by atoms with Gasteiger partial charge < -0.3 is 5.73 Å². The van der Waals surface area contributed by atoms with Crippen molar-refractivity contribution in [2.75, 3.05) is 11.4 Å². The fraction of sp³-hybridized carbons (Fsp3) is 0.300. The largest absolute Gasteiger partial charge is 0.326 e. The minimum atomic E-state index is -0.168. The van der Waals surface area contributed by atoms with Crippen LogP contribution in [0.5, 0.6) is 0 Å². The second kappa shape index (κ2) is 3.78. The lowest BCUT2D eigenvalue weighted by Gasteiger charge is -2.15. The van der Waals surface area contributed by atoms with Crippen LogP contribution in [0.15, 0.2) is 18.3 Å². The lowest BCUT2D eigenvalue weighted by Crippen LogP contribution is -2.29. The zero-order valence-corrected chi connectivity index (χ0v) is 8.09. The molecule has 0 aromatic carbocycles. The van der Waals surface area contributed by atoms with E-state index in [-0.39, 0.29) is 11.9 Å². The Morgan fingerprint density at radius 2 is 2.40 bits per heavy atom. The van der Waals surface area contributed by atoms with E-state index in [0.717, 1.165) is 0 Å². The molecule has 78 valence electrons. The summed E-state index contributed by atoms with van der Waals surface area (Å²) in [4.78, 5) is 27.8. The topological polar surface area (TPSA) is 76.3 Å². The van der Waals surface area contributed by atoms with Crippen LogP contribution in [0, 0.1) is 0 Å². The summed E-state index contributed by atoms with van der Waals surface area (Å²) in [5, 5.41) is 0. The zero-order chi connectivity index (χ0) is 10.8. The number of pyridine rings is 1. The number of aromatic nitrogens is 1. The van der Waals surface area contributed by atoms with Gasteiger partial charge in [0.1, 0.15) is 5.82 Å². The van der Waals surface area contributed by atoms with Gasteiger partial charge in [0.05, 0.1) is 5.56 Å². The van der Waals surface area contributed by atoms with Crippen molar-refractivity contribution < 1.29 is 9.59 Å². The predicted octanol–water partition coefficient (Wildman–Crippen LogP) is -0.0419. The lowest BCUT2D eigenvalue weighted by atomic mass is 10.2. The summed E-state index contributed by atoms with van der Waals surface area (Å²) in [5.74, 6) is 0.328. The van der Waals surface area contributed by atoms with Gasteiger partial charge in [-0.2, -0.15) is 0 Å². The molecule has 2 rings (SSSR count). The van der Waals surface area contributed by atoms with Gasteiger partial charge >= 0.3 is 0 Å². The molecule has 2 heterocycles. The molecule has 1 aromatic heterocycles. The van der Waals surface area contributed by atoms with Crippen LogP contribution in [-0.2, 0) is 4.79 Å². The van der Waals surface area contributed by atoms with Crippen LogP contribution in [0.3, 0.4) is 0 Å². The molecule has 15 heavy (non-hydrogen) atoms. The third kappa shape index (κ3) is 1.73. The van der Waals surface area contributed by atoms with Crippen LogP contribution < -0.4 is 10.6 Å². The molecule has 0 radical (unpaired) electrons. The zero-order valence-electron chi connectivity index (χ0n) is 8.09. The van der Waals surface area contributed by atoms with Crippen molar-refractivity contribution in [3.63, 3.8) is 0 Å². The highest BCUT2D eigenvalue weighted by atomic mass is 16.2. The minimum absolute atomic E-state index is 0.0794. The molecule has 1 saturated heterocycles. The fourth-order valence-electron chi connectivity index (χ4n) is 1.67. The number of nitrogens with zero attached hydrogens (tertiary/aromatic N) is 2. The van der Waals surface area contributed by atoms with Crippen LogP contribution in [0.25, 0.3) is 0 Å². The maximum atomic E-state index is 11.5. The standard InChI is InChI=1S/C10H11N3O2/c11-8-4-9(15)13(5-8)10-7(6-14)2-1-3-12-10/h1-3,6,8H,4-5,11H2. The molecule has 5 nitrogen and oxygen atoms in total. The fourth-order valence-corrected chi connectivity index (χ4v) is 1.67. The number of hydrogen-bond donors (Lipinski definition) is 1. The van der Waals surface area contributed by atoms with Gasteiger partial charge in [-0.15, -0.1) is 0 Å². The Labute approximate surface area is 86.9 Å². The first-order valence-corrected chi connectivity index (χ1v) is 4.68. The third-order valence-corrected chi connectivity index (χ3v) is 2.35. The summed E-state index contributed by atoms with van der Waals surface area (Å²) in [5.41, 5.74) is 6.08. The van der Waals surface area contributed by atoms with Crippen LogP contribution >= 0.6 is 0 Å². The van der Waals surface area contributed by atoms with Crippen molar-refractivity contribution >= 4 is 18.0 Å². The van der Waals surface area contributed by atoms with Crippen molar-refractivity contribution in [3.8, 4) is 0 Å². The molecular formula is C10H11N3O2. The average Bonchev–Trinajstić information content (AvgIpc) is 2.57. The molecule has 0 aliphatic carbocycles. The van der Waals surface area contributed by atoms with Gasteiger partial charge in [0.25, 0.3) is 0 Å². The summed E-state index contributed by atoms with van der Waals surface area (Å²) < 4.78 is 0. The summed E-state index contributed by atoms with van der Waals surface area (Å²) in [6.45, 7) is 0.427. The summed E-state index contributed by atoms with van der Waals surface area (Å²) in [6, 6.07) is 3.12. The van der Waals surface area contributed by atoms with Crippen LogP contribution in [0.4, 0.5) is 5.82 Å². The summed E-state index contributed by atoms with van der Waals surface area (Å²) in [7, 11) is 0. The molecular weight excluding hydrogens is 194 g/mol. The van der Waals surface area contributed by atoms with Crippen molar-refractivity contribution in [2.24, 2.45) is 5.73 Å². The molecule has 1 aliphatic rings. The smallest absolute Gasteiger partial charge is 0.229 e. The van der Waals surface area contributed by atoms with Crippen LogP contribution in [0.1, 0.15) is 16.8 Å². The maximum Gasteiger partial charge on any atom is 0.229 e. The molecule has 1 amide bonds. The first kappa shape index (κ1) is 9.79. The molecule has 1 fully saturated rings. The summed E-state index contributed by atoms with van der Waals surface area (Å²) >= 11 is 0. The van der Waals surface area contributed by atoms with Crippen LogP contribution in [0.2, 0.25) is 0 Å². The predicted molar refractivity (Wildman–Crippen MR) is 54.6 cm³/mol. The Morgan fingerprint density at radius 1 is 1.60 bits per heavy atom. The van der Waals surface area contributed by atoms with Crippen molar-refractivity contribution in [2.45, 2.75) is 12.5 Å². The summed E-state index contributed by atoms with van der Waals surface area (Å²) in [6.07, 6.45) is 2.56. The number of aldehydes is 1. The number of nitrogens with two attached hydrogens (primary N) is 1. The molecule has 0 saturated carbocycles. The minimum Gasteiger partial charge on any atom is -0.326 e. The Balaban J connectivity index is 2.37. The van der Waals surface area contributed by atoms with Crippen LogP contribution in [-0.4, -0.2) is 29.8 Å². The van der Waals surface area contributed by atoms with Gasteiger partial charge in [-0.3, -0.25) is 14.5 Å². The molecule has 0 spiro atoms. The van der Waals surface area contributed by atoms with E-state index >= 15 is 0 Å². The van der Waals surface area contributed by atoms with Gasteiger partial charge in [0.15, 0.2) is 6.29 Å². The van der Waals surface area contributed by atoms with Crippen molar-refractivity contribution in [1.82, 2.24) is 4.98 Å². The third-order valence-electron chi connectivity index (χ3n) is 2.35. The van der Waals surface area contributed by atoms with E-state index in [1.807, 2.05) is 0 Å². The van der Waals surface area contributed by atoms with Crippen molar-refractivity contribution in [1.29, 1.82) is 0 Å². The van der Waals surface area contributed by atoms with E-state index in [9.17, 15) is 9.59 Å². The van der Waals surface area contributed by atoms with Crippen molar-refractivity contribution in [3.05, 3.63) is 23.9 Å². The molecule has 1 atom stereocenters. The molecule has 1 aliphatic heterocycles. The average molecular weight is 205 g/mol. The quantitative estimate of drug-likeness (QED) is 0.687. The maximum absolute atomic E-state index is 11.5. The van der Waals surface area contributed by atoms with Gasteiger partial charge in [0.2, 0.25) is 5.91 Å². The second-order valence-electron chi connectivity index (χ2n) is 3.50. The number of amides is 1.